The molecule has 0 radical (unpaired) electrons. The Bertz CT molecular complexity index is 1480. The molecule has 4 aromatic rings. The van der Waals surface area contributed by atoms with Crippen molar-refractivity contribution in [3.63, 3.8) is 0 Å². The smallest absolute Gasteiger partial charge is 0.252 e. The number of ether oxygens (including phenoxy) is 1. The van der Waals surface area contributed by atoms with E-state index < -0.39 is 5.91 Å². The average Bonchev–Trinajstić information content (AvgIpc) is 3.25. The number of benzene rings is 3. The lowest BCUT2D eigenvalue weighted by atomic mass is 9.98. The maximum absolute atomic E-state index is 13.4. The third-order valence-electron chi connectivity index (χ3n) is 6.27. The van der Waals surface area contributed by atoms with Crippen molar-refractivity contribution < 1.29 is 23.1 Å². The SMILES string of the molecule is CC(C)CNC(=O)c1cc(OCCN(C)C)cc(-c2ccc3oc(Cc4ccc(F)cc4)c(C(N)=O)c3c2)c1. The standard InChI is InChI=1S/C31H34FN3O4/c1-19(2)18-34-31(37)23-14-22(15-25(16-23)38-12-11-35(3)4)21-7-10-27-26(17-21)29(30(33)36)28(39-27)13-20-5-8-24(32)9-6-20/h5-10,14-17,19H,11-13,18H2,1-4H3,(H2,33,36)(H,34,37). The van der Waals surface area contributed by atoms with Crippen LogP contribution in [0.3, 0.4) is 0 Å². The first-order valence-electron chi connectivity index (χ1n) is 12.9. The molecule has 204 valence electrons. The van der Waals surface area contributed by atoms with E-state index in [0.717, 1.165) is 23.2 Å². The summed E-state index contributed by atoms with van der Waals surface area (Å²) in [7, 11) is 3.93. The van der Waals surface area contributed by atoms with Crippen LogP contribution in [0.2, 0.25) is 0 Å². The minimum Gasteiger partial charge on any atom is -0.492 e. The maximum atomic E-state index is 13.4. The predicted molar refractivity (Wildman–Crippen MR) is 151 cm³/mol. The van der Waals surface area contributed by atoms with Crippen LogP contribution in [0, 0.1) is 11.7 Å². The number of nitrogens with one attached hydrogen (secondary N) is 1. The number of nitrogens with two attached hydrogens (primary N) is 1. The van der Waals surface area contributed by atoms with Crippen molar-refractivity contribution in [2.75, 3.05) is 33.8 Å². The van der Waals surface area contributed by atoms with Gasteiger partial charge in [0.15, 0.2) is 0 Å². The highest BCUT2D eigenvalue weighted by atomic mass is 19.1. The fourth-order valence-electron chi connectivity index (χ4n) is 4.24. The number of rotatable bonds is 11. The van der Waals surface area contributed by atoms with Crippen LogP contribution in [0.15, 0.2) is 65.1 Å². The van der Waals surface area contributed by atoms with Crippen molar-refractivity contribution in [1.82, 2.24) is 10.2 Å². The molecule has 0 bridgehead atoms. The molecule has 4 rings (SSSR count). The summed E-state index contributed by atoms with van der Waals surface area (Å²) in [6.07, 6.45) is 0.290. The Morgan fingerprint density at radius 1 is 1.03 bits per heavy atom. The number of carbonyl (C=O) groups excluding carboxylic acids is 2. The van der Waals surface area contributed by atoms with E-state index in [1.54, 1.807) is 30.3 Å². The van der Waals surface area contributed by atoms with Gasteiger partial charge < -0.3 is 25.1 Å². The molecule has 1 heterocycles. The van der Waals surface area contributed by atoms with Gasteiger partial charge in [0.1, 0.15) is 29.5 Å². The van der Waals surface area contributed by atoms with Crippen LogP contribution >= 0.6 is 0 Å². The molecular formula is C31H34FN3O4. The Hall–Kier alpha value is -4.17. The lowest BCUT2D eigenvalue weighted by molar-refractivity contribution is 0.0947. The molecule has 8 heteroatoms. The summed E-state index contributed by atoms with van der Waals surface area (Å²) in [6.45, 7) is 5.81. The Kier molecular flexibility index (Phi) is 8.66. The summed E-state index contributed by atoms with van der Waals surface area (Å²) >= 11 is 0. The summed E-state index contributed by atoms with van der Waals surface area (Å²) < 4.78 is 25.4. The van der Waals surface area contributed by atoms with Crippen molar-refractivity contribution in [3.05, 3.63) is 88.9 Å². The Labute approximate surface area is 227 Å². The van der Waals surface area contributed by atoms with E-state index in [2.05, 4.69) is 5.32 Å². The third-order valence-corrected chi connectivity index (χ3v) is 6.27. The first-order chi connectivity index (χ1) is 18.6. The van der Waals surface area contributed by atoms with E-state index in [4.69, 9.17) is 14.9 Å². The molecule has 0 aliphatic rings. The van der Waals surface area contributed by atoms with Gasteiger partial charge in [-0.25, -0.2) is 4.39 Å². The number of primary amides is 1. The van der Waals surface area contributed by atoms with Crippen LogP contribution < -0.4 is 15.8 Å². The molecule has 0 aliphatic carbocycles. The van der Waals surface area contributed by atoms with E-state index in [1.165, 1.54) is 12.1 Å². The number of hydrogen-bond acceptors (Lipinski definition) is 5. The number of furan rings is 1. The number of amides is 2. The minimum absolute atomic E-state index is 0.188. The van der Waals surface area contributed by atoms with Crippen molar-refractivity contribution in [2.24, 2.45) is 11.7 Å². The molecule has 1 aromatic heterocycles. The molecule has 3 aromatic carbocycles. The van der Waals surface area contributed by atoms with Crippen molar-refractivity contribution >= 4 is 22.8 Å². The highest BCUT2D eigenvalue weighted by molar-refractivity contribution is 6.07. The zero-order valence-corrected chi connectivity index (χ0v) is 22.7. The van der Waals surface area contributed by atoms with Crippen LogP contribution in [0.25, 0.3) is 22.1 Å². The van der Waals surface area contributed by atoms with E-state index in [-0.39, 0.29) is 23.7 Å². The minimum atomic E-state index is -0.613. The van der Waals surface area contributed by atoms with Crippen molar-refractivity contribution in [2.45, 2.75) is 20.3 Å². The van der Waals surface area contributed by atoms with E-state index in [1.807, 2.05) is 51.0 Å². The van der Waals surface area contributed by atoms with Gasteiger partial charge in [-0.2, -0.15) is 0 Å². The molecular weight excluding hydrogens is 497 g/mol. The van der Waals surface area contributed by atoms with Gasteiger partial charge in [-0.1, -0.05) is 32.0 Å². The summed E-state index contributed by atoms with van der Waals surface area (Å²) in [5, 5.41) is 3.53. The molecule has 39 heavy (non-hydrogen) atoms. The van der Waals surface area contributed by atoms with Gasteiger partial charge in [0.05, 0.1) is 5.56 Å². The van der Waals surface area contributed by atoms with E-state index >= 15 is 0 Å². The van der Waals surface area contributed by atoms with Gasteiger partial charge in [-0.15, -0.1) is 0 Å². The molecule has 0 atom stereocenters. The molecule has 3 N–H and O–H groups in total. The summed E-state index contributed by atoms with van der Waals surface area (Å²) in [6, 6.07) is 16.9. The van der Waals surface area contributed by atoms with Gasteiger partial charge >= 0.3 is 0 Å². The highest BCUT2D eigenvalue weighted by Crippen LogP contribution is 2.33. The molecule has 2 amide bonds. The predicted octanol–water partition coefficient (Wildman–Crippen LogP) is 5.25. The van der Waals surface area contributed by atoms with Gasteiger partial charge in [0, 0.05) is 30.5 Å². The Balaban J connectivity index is 1.74. The zero-order valence-electron chi connectivity index (χ0n) is 22.7. The van der Waals surface area contributed by atoms with Crippen LogP contribution in [0.4, 0.5) is 4.39 Å². The molecule has 7 nitrogen and oxygen atoms in total. The van der Waals surface area contributed by atoms with Gasteiger partial charge in [0.2, 0.25) is 0 Å². The third kappa shape index (κ3) is 7.03. The quantitative estimate of drug-likeness (QED) is 0.275. The first kappa shape index (κ1) is 27.9. The average molecular weight is 532 g/mol. The van der Waals surface area contributed by atoms with Gasteiger partial charge in [-0.3, -0.25) is 9.59 Å². The second-order valence-corrected chi connectivity index (χ2v) is 10.3. The van der Waals surface area contributed by atoms with Gasteiger partial charge in [0.25, 0.3) is 11.8 Å². The van der Waals surface area contributed by atoms with Crippen molar-refractivity contribution in [1.29, 1.82) is 0 Å². The normalized spacial score (nSPS) is 11.4. The van der Waals surface area contributed by atoms with E-state index in [9.17, 15) is 14.0 Å². The number of hydrogen-bond donors (Lipinski definition) is 2. The fourth-order valence-corrected chi connectivity index (χ4v) is 4.24. The fraction of sp³-hybridized carbons (Fsp3) is 0.290. The summed E-state index contributed by atoms with van der Waals surface area (Å²) in [5.74, 6) is 0.157. The molecule has 0 fully saturated rings. The molecule has 0 aliphatic heterocycles. The Morgan fingerprint density at radius 3 is 2.44 bits per heavy atom. The number of carbonyl (C=O) groups is 2. The number of fused-ring (bicyclic) bond motifs is 1. The van der Waals surface area contributed by atoms with Crippen LogP contribution in [0.5, 0.6) is 5.75 Å². The van der Waals surface area contributed by atoms with Crippen LogP contribution in [0.1, 0.15) is 45.9 Å². The molecule has 0 unspecified atom stereocenters. The maximum Gasteiger partial charge on any atom is 0.252 e. The highest BCUT2D eigenvalue weighted by Gasteiger charge is 2.20. The molecule has 0 saturated carbocycles. The monoisotopic (exact) mass is 531 g/mol. The second kappa shape index (κ2) is 12.1. The van der Waals surface area contributed by atoms with Crippen molar-refractivity contribution in [3.8, 4) is 16.9 Å². The molecule has 0 saturated heterocycles. The first-order valence-corrected chi connectivity index (χ1v) is 12.9. The number of likely N-dealkylation sites (N-methyl/N-ethyl adjacent to an activating group) is 1. The lowest BCUT2D eigenvalue weighted by Crippen LogP contribution is -2.27. The number of halogens is 1. The molecule has 0 spiro atoms. The van der Waals surface area contributed by atoms with E-state index in [0.29, 0.717) is 47.1 Å². The second-order valence-electron chi connectivity index (χ2n) is 10.3. The lowest BCUT2D eigenvalue weighted by Gasteiger charge is -2.14. The Morgan fingerprint density at radius 2 is 1.77 bits per heavy atom. The van der Waals surface area contributed by atoms with Crippen LogP contribution in [-0.4, -0.2) is 50.5 Å². The largest absolute Gasteiger partial charge is 0.492 e. The number of nitrogens with zero attached hydrogens (tertiary/aromatic N) is 1. The summed E-state index contributed by atoms with van der Waals surface area (Å²) in [5.41, 5.74) is 9.37. The summed E-state index contributed by atoms with van der Waals surface area (Å²) in [4.78, 5) is 27.5. The van der Waals surface area contributed by atoms with Crippen LogP contribution in [-0.2, 0) is 6.42 Å². The topological polar surface area (TPSA) is 97.8 Å². The van der Waals surface area contributed by atoms with Gasteiger partial charge in [-0.05, 0) is 79.2 Å². The zero-order chi connectivity index (χ0) is 28.1.